The molecule has 79 heavy (non-hydrogen) atoms. The number of benzene rings is 8. The molecule has 0 spiro atoms. The number of nitrogens with zero attached hydrogens (tertiary/aromatic N) is 3. The molecule has 8 nitrogen and oxygen atoms in total. The normalized spacial score (nSPS) is 14.4. The predicted molar refractivity (Wildman–Crippen MR) is 293 cm³/mol. The predicted octanol–water partition coefficient (Wildman–Crippen LogP) is 13.2. The average Bonchev–Trinajstić information content (AvgIpc) is 3.54. The Bertz CT molecular complexity index is 3390. The van der Waals surface area contributed by atoms with Gasteiger partial charge in [-0.15, -0.1) is 0 Å². The third-order valence-electron chi connectivity index (χ3n) is 14.0. The van der Waals surface area contributed by atoms with Crippen LogP contribution >= 0.6 is 0 Å². The molecule has 0 saturated heterocycles. The monoisotopic (exact) mass is 1080 g/mol. The van der Waals surface area contributed by atoms with Crippen molar-refractivity contribution in [1.29, 1.82) is 0 Å². The molecule has 3 aliphatic heterocycles. The average molecular weight is 1080 g/mol. The van der Waals surface area contributed by atoms with Gasteiger partial charge in [-0.05, 0) is 71.5 Å². The van der Waals surface area contributed by atoms with Crippen LogP contribution in [0.1, 0.15) is 61.2 Å². The molecule has 2 atom stereocenters. The highest BCUT2D eigenvalue weighted by molar-refractivity contribution is 5.85. The Morgan fingerprint density at radius 3 is 1.49 bits per heavy atom. The number of aryl methyl sites for hydroxylation is 2. The Labute approximate surface area is 456 Å². The molecule has 0 fully saturated rings. The van der Waals surface area contributed by atoms with Crippen molar-refractivity contribution in [2.24, 2.45) is 0 Å². The van der Waals surface area contributed by atoms with Crippen molar-refractivity contribution in [3.8, 4) is 17.2 Å². The van der Waals surface area contributed by atoms with Crippen LogP contribution in [0.5, 0.6) is 17.2 Å². The first-order valence-electron chi connectivity index (χ1n) is 25.8. The lowest BCUT2D eigenvalue weighted by molar-refractivity contribution is -0.608. The van der Waals surface area contributed by atoms with Gasteiger partial charge in [0.05, 0.1) is 27.8 Å². The smallest absolute Gasteiger partial charge is 0.417 e. The molecule has 11 rings (SSSR count). The van der Waals surface area contributed by atoms with E-state index in [0.29, 0.717) is 38.2 Å². The number of halogens is 6. The van der Waals surface area contributed by atoms with Crippen molar-refractivity contribution < 1.29 is 64.1 Å². The van der Waals surface area contributed by atoms with Gasteiger partial charge in [0.2, 0.25) is 5.69 Å². The highest BCUT2D eigenvalue weighted by atomic mass is 19.4. The van der Waals surface area contributed by atoms with E-state index in [4.69, 9.17) is 18.9 Å². The number of alkyl halides is 6. The van der Waals surface area contributed by atoms with Crippen molar-refractivity contribution in [2.75, 3.05) is 33.9 Å². The molecule has 0 aromatic heterocycles. The lowest BCUT2D eigenvalue weighted by atomic mass is 9.77. The van der Waals surface area contributed by atoms with Crippen molar-refractivity contribution in [3.63, 3.8) is 0 Å². The third-order valence-corrected chi connectivity index (χ3v) is 14.0. The molecule has 2 unspecified atom stereocenters. The zero-order valence-corrected chi connectivity index (χ0v) is 43.9. The molecule has 1 N–H and O–H groups in total. The van der Waals surface area contributed by atoms with Gasteiger partial charge in [-0.2, -0.15) is 40.1 Å². The third kappa shape index (κ3) is 13.2. The van der Waals surface area contributed by atoms with E-state index in [1.54, 1.807) is 37.4 Å². The van der Waals surface area contributed by atoms with E-state index >= 15 is 0 Å². The highest BCUT2D eigenvalue weighted by Gasteiger charge is 2.48. The van der Waals surface area contributed by atoms with E-state index in [1.165, 1.54) is 15.7 Å². The number of para-hydroxylation sites is 3. The summed E-state index contributed by atoms with van der Waals surface area (Å²) in [5.74, 6) is 1.47. The summed E-state index contributed by atoms with van der Waals surface area (Å²) in [4.78, 5) is 0. The van der Waals surface area contributed by atoms with Crippen LogP contribution in [-0.2, 0) is 35.5 Å². The fraction of sp³-hybridized carbons (Fsp3) is 0.215. The highest BCUT2D eigenvalue weighted by Crippen LogP contribution is 2.42. The van der Waals surface area contributed by atoms with Crippen molar-refractivity contribution >= 4 is 24.3 Å². The number of hydrogen-bond donors (Lipinski definition) is 1. The van der Waals surface area contributed by atoms with Crippen molar-refractivity contribution in [2.45, 2.75) is 56.7 Å². The number of rotatable bonds is 12. The quantitative estimate of drug-likeness (QED) is 0.0975. The number of aliphatic hydroxyl groups is 1. The molecule has 404 valence electrons. The number of hydrogen-bond acceptors (Lipinski definition) is 5. The van der Waals surface area contributed by atoms with E-state index in [0.717, 1.165) is 57.5 Å². The Morgan fingerprint density at radius 2 is 0.987 bits per heavy atom. The maximum atomic E-state index is 13.2. The zero-order valence-electron chi connectivity index (χ0n) is 43.9. The number of methoxy groups -OCH3 is 1. The summed E-state index contributed by atoms with van der Waals surface area (Å²) in [6.07, 6.45) is -2.76. The maximum absolute atomic E-state index is 13.2. The molecule has 0 amide bonds. The minimum atomic E-state index is -4.94. The summed E-state index contributed by atoms with van der Waals surface area (Å²) in [7, 11) is 1.75. The van der Waals surface area contributed by atoms with E-state index in [-0.39, 0.29) is 24.9 Å². The first kappa shape index (κ1) is 55.4. The van der Waals surface area contributed by atoms with Gasteiger partial charge in [-0.1, -0.05) is 164 Å². The van der Waals surface area contributed by atoms with Gasteiger partial charge in [-0.25, -0.2) is 0 Å². The second-order valence-corrected chi connectivity index (χ2v) is 19.5. The molecule has 0 saturated carbocycles. The Balaban J connectivity index is 0.000000148. The first-order chi connectivity index (χ1) is 38.1. The number of fused-ring (bicyclic) bond motifs is 3. The molecule has 0 radical (unpaired) electrons. The van der Waals surface area contributed by atoms with Gasteiger partial charge in [0.25, 0.3) is 20.2 Å². The lowest BCUT2D eigenvalue weighted by Gasteiger charge is -2.35. The maximum Gasteiger partial charge on any atom is 0.417 e. The molecule has 8 aromatic rings. The molecule has 8 aromatic carbocycles. The molecule has 0 bridgehead atoms. The zero-order chi connectivity index (χ0) is 55.6. The van der Waals surface area contributed by atoms with Crippen LogP contribution in [0.3, 0.4) is 0 Å². The summed E-state index contributed by atoms with van der Waals surface area (Å²) >= 11 is 0. The van der Waals surface area contributed by atoms with E-state index in [1.807, 2.05) is 91.0 Å². The van der Waals surface area contributed by atoms with Gasteiger partial charge in [0.1, 0.15) is 23.9 Å². The van der Waals surface area contributed by atoms with Gasteiger partial charge < -0.3 is 24.1 Å². The molecular weight excluding hydrogens is 1020 g/mol. The molecule has 3 aliphatic rings. The van der Waals surface area contributed by atoms with Crippen LogP contribution in [0.25, 0.3) is 0 Å². The minimum Gasteiger partial charge on any atom is -0.435 e. The Morgan fingerprint density at radius 1 is 0.506 bits per heavy atom. The van der Waals surface area contributed by atoms with E-state index < -0.39 is 40.4 Å². The number of ether oxygens (including phenoxy) is 4. The van der Waals surface area contributed by atoms with Crippen LogP contribution in [0.2, 0.25) is 0 Å². The van der Waals surface area contributed by atoms with Gasteiger partial charge in [0, 0.05) is 32.1 Å². The van der Waals surface area contributed by atoms with Gasteiger partial charge >= 0.3 is 12.4 Å². The van der Waals surface area contributed by atoms with Gasteiger partial charge in [-0.3, -0.25) is 0 Å². The summed E-state index contributed by atoms with van der Waals surface area (Å²) < 4.78 is 107. The fourth-order valence-electron chi connectivity index (χ4n) is 10.1. The Hall–Kier alpha value is -8.33. The van der Waals surface area contributed by atoms with Crippen LogP contribution in [0, 0.1) is 13.8 Å². The largest absolute Gasteiger partial charge is 0.435 e. The van der Waals surface area contributed by atoms with Gasteiger partial charge in [0.15, 0.2) is 36.3 Å². The summed E-state index contributed by atoms with van der Waals surface area (Å²) in [5, 5.41) is 12.6. The second-order valence-electron chi connectivity index (χ2n) is 19.5. The van der Waals surface area contributed by atoms with Crippen LogP contribution in [-0.4, -0.2) is 83.5 Å². The first-order valence-corrected chi connectivity index (χ1v) is 25.8. The van der Waals surface area contributed by atoms with Crippen molar-refractivity contribution in [1.82, 2.24) is 0 Å². The van der Waals surface area contributed by atoms with E-state index in [9.17, 15) is 31.4 Å². The van der Waals surface area contributed by atoms with Crippen molar-refractivity contribution in [3.05, 3.63) is 261 Å². The van der Waals surface area contributed by atoms with Crippen LogP contribution in [0.15, 0.2) is 200 Å². The topological polar surface area (TPSA) is 66.2 Å². The Kier molecular flexibility index (Phi) is 17.2. The standard InChI is InChI=1S/C30H28NO2.C19H22NO2.C16H10F6NO/c1-23-12-11-15-25-21-31(22-33-29(23)25)28(20-24-13-5-2-6-14-24)30(32,26-16-7-3-8-17-26)27-18-9-4-10-19-27;1-15-7-6-10-17-12-20(14-22-19(15)17)18(13-21-2)11-16-8-4-3-5-9-16;17-15(18,19)10-6-13(16(20,21)22)12-8-23(9-24-14(12)7-10)11-4-2-1-3-5-11/h2-19,21,28,32H,20,22H2,1H3;3-10,12,18H,11,13-14H2,1-2H3;1-8H,9H2/q3*+1. The molecule has 0 aliphatic carbocycles. The molecule has 14 heteroatoms. The second kappa shape index (κ2) is 24.6. The lowest BCUT2D eigenvalue weighted by Crippen LogP contribution is -2.51. The fourth-order valence-corrected chi connectivity index (χ4v) is 10.1. The van der Waals surface area contributed by atoms with Crippen LogP contribution in [0.4, 0.5) is 32.0 Å². The molecular formula is C65H60F6N3O5+3. The summed E-state index contributed by atoms with van der Waals surface area (Å²) in [6, 6.07) is 62.3. The minimum absolute atomic E-state index is 0.104. The SMILES string of the molecule is COCC(Cc1ccccc1)[N+]1=Cc2cccc(C)c2OC1.Cc1cccc2c1OC[N+](C(Cc1ccccc1)C(O)(c1ccccc1)c1ccccc1)=C2.FC(F)(F)c1cc2c(c(C(F)(F)F)c1)C=[N+](c1ccccc1)CO2. The summed E-state index contributed by atoms with van der Waals surface area (Å²) in [5.41, 5.74) is 4.78. The molecule has 3 heterocycles. The summed E-state index contributed by atoms with van der Waals surface area (Å²) in [6.45, 7) is 5.58. The van der Waals surface area contributed by atoms with Crippen LogP contribution < -0.4 is 14.2 Å². The van der Waals surface area contributed by atoms with E-state index in [2.05, 4.69) is 102 Å².